The van der Waals surface area contributed by atoms with Crippen LogP contribution in [0.1, 0.15) is 34.1 Å². The van der Waals surface area contributed by atoms with E-state index in [-0.39, 0.29) is 21.4 Å². The van der Waals surface area contributed by atoms with E-state index >= 15 is 0 Å². The standard InChI is InChI=1S/C27H17Cl2N3O4/c1-36-23(33)22-26-20-16-6-2-4-8-18(16)21(19-9-5-3-7-17(19)20)27(26,31-30-22)25(35)32(24(26)34)15-11-13(28)10-14(29)12-15/h2-12,20-21,31H,1H3. The lowest BCUT2D eigenvalue weighted by molar-refractivity contribution is -0.135. The van der Waals surface area contributed by atoms with Crippen molar-refractivity contribution in [3.63, 3.8) is 0 Å². The van der Waals surface area contributed by atoms with Crippen LogP contribution in [0, 0.1) is 5.41 Å². The van der Waals surface area contributed by atoms with Gasteiger partial charge in [0.25, 0.3) is 11.8 Å². The van der Waals surface area contributed by atoms with Crippen molar-refractivity contribution in [1.82, 2.24) is 5.43 Å². The molecule has 0 aromatic heterocycles. The number of esters is 1. The van der Waals surface area contributed by atoms with Gasteiger partial charge in [0.2, 0.25) is 0 Å². The van der Waals surface area contributed by atoms with Crippen LogP contribution in [-0.2, 0) is 19.1 Å². The van der Waals surface area contributed by atoms with Gasteiger partial charge in [-0.3, -0.25) is 15.0 Å². The molecule has 0 radical (unpaired) electrons. The first-order valence-electron chi connectivity index (χ1n) is 11.3. The first-order valence-corrected chi connectivity index (χ1v) is 12.1. The molecule has 1 fully saturated rings. The minimum Gasteiger partial charge on any atom is -0.464 e. The van der Waals surface area contributed by atoms with Gasteiger partial charge in [-0.2, -0.15) is 5.10 Å². The maximum atomic E-state index is 14.7. The highest BCUT2D eigenvalue weighted by Crippen LogP contribution is 2.71. The number of carbonyl (C=O) groups excluding carboxylic acids is 3. The Kier molecular flexibility index (Phi) is 4.17. The van der Waals surface area contributed by atoms with Crippen LogP contribution in [0.15, 0.2) is 71.8 Å². The summed E-state index contributed by atoms with van der Waals surface area (Å²) in [4.78, 5) is 43.6. The van der Waals surface area contributed by atoms with E-state index in [4.69, 9.17) is 27.9 Å². The zero-order valence-corrected chi connectivity index (χ0v) is 20.3. The quantitative estimate of drug-likeness (QED) is 0.409. The molecular formula is C27H17Cl2N3O4. The number of nitrogens with zero attached hydrogens (tertiary/aromatic N) is 2. The van der Waals surface area contributed by atoms with Gasteiger partial charge in [-0.25, -0.2) is 9.69 Å². The first-order chi connectivity index (χ1) is 17.4. The van der Waals surface area contributed by atoms with Gasteiger partial charge in [0.1, 0.15) is 5.41 Å². The minimum absolute atomic E-state index is 0.113. The lowest BCUT2D eigenvalue weighted by Crippen LogP contribution is -2.69. The molecule has 9 heteroatoms. The fraction of sp³-hybridized carbons (Fsp3) is 0.185. The average molecular weight is 518 g/mol. The lowest BCUT2D eigenvalue weighted by atomic mass is 9.43. The summed E-state index contributed by atoms with van der Waals surface area (Å²) >= 11 is 12.5. The second-order valence-corrected chi connectivity index (χ2v) is 10.2. The number of benzene rings is 3. The summed E-state index contributed by atoms with van der Waals surface area (Å²) in [6.07, 6.45) is 0. The van der Waals surface area contributed by atoms with E-state index in [0.29, 0.717) is 0 Å². The van der Waals surface area contributed by atoms with Crippen LogP contribution in [0.2, 0.25) is 10.0 Å². The largest absolute Gasteiger partial charge is 0.464 e. The van der Waals surface area contributed by atoms with Crippen LogP contribution in [0.5, 0.6) is 0 Å². The highest BCUT2D eigenvalue weighted by atomic mass is 35.5. The van der Waals surface area contributed by atoms with Gasteiger partial charge in [-0.1, -0.05) is 71.7 Å². The molecule has 2 atom stereocenters. The van der Waals surface area contributed by atoms with E-state index in [1.165, 1.54) is 25.3 Å². The normalized spacial score (nSPS) is 28.6. The number of hydrazone groups is 1. The summed E-state index contributed by atoms with van der Waals surface area (Å²) in [5, 5.41) is 4.91. The molecule has 2 unspecified atom stereocenters. The summed E-state index contributed by atoms with van der Waals surface area (Å²) in [5.74, 6) is -3.10. The predicted molar refractivity (Wildman–Crippen MR) is 133 cm³/mol. The molecule has 8 rings (SSSR count). The van der Waals surface area contributed by atoms with Crippen LogP contribution < -0.4 is 10.3 Å². The number of carbonyl (C=O) groups is 3. The molecule has 3 aromatic rings. The molecule has 7 nitrogen and oxygen atoms in total. The van der Waals surface area contributed by atoms with Crippen LogP contribution in [0.3, 0.4) is 0 Å². The van der Waals surface area contributed by atoms with Crippen molar-refractivity contribution >= 4 is 52.4 Å². The van der Waals surface area contributed by atoms with Crippen LogP contribution >= 0.6 is 23.2 Å². The Labute approximate surface area is 215 Å². The molecule has 1 N–H and O–H groups in total. The SMILES string of the molecule is COC(=O)C1=NNC23C(=O)N(c4cc(Cl)cc(Cl)c4)C(=O)C12C1c2ccccc2C3c2ccccc21. The second-order valence-electron chi connectivity index (χ2n) is 9.38. The van der Waals surface area contributed by atoms with E-state index in [1.54, 1.807) is 0 Å². The fourth-order valence-electron chi connectivity index (χ4n) is 6.89. The molecule has 2 amide bonds. The summed E-state index contributed by atoms with van der Waals surface area (Å²) in [6, 6.07) is 20.0. The summed E-state index contributed by atoms with van der Waals surface area (Å²) < 4.78 is 5.10. The molecule has 178 valence electrons. The Morgan fingerprint density at radius 3 is 1.94 bits per heavy atom. The van der Waals surface area contributed by atoms with Crippen molar-refractivity contribution in [2.45, 2.75) is 17.4 Å². The van der Waals surface area contributed by atoms with Crippen molar-refractivity contribution in [2.75, 3.05) is 12.0 Å². The number of anilines is 1. The van der Waals surface area contributed by atoms with Crippen molar-refractivity contribution in [3.05, 3.63) is 99.0 Å². The van der Waals surface area contributed by atoms with Gasteiger partial charge in [0.15, 0.2) is 11.3 Å². The number of methoxy groups -OCH3 is 1. The number of halogens is 2. The third-order valence-electron chi connectivity index (χ3n) is 8.01. The molecule has 2 aliphatic heterocycles. The molecule has 1 saturated heterocycles. The van der Waals surface area contributed by atoms with Crippen molar-refractivity contribution < 1.29 is 19.1 Å². The third-order valence-corrected chi connectivity index (χ3v) is 8.44. The number of hydrogen-bond donors (Lipinski definition) is 1. The molecule has 3 aliphatic carbocycles. The molecule has 36 heavy (non-hydrogen) atoms. The Balaban J connectivity index is 1.61. The van der Waals surface area contributed by atoms with E-state index in [1.807, 2.05) is 48.5 Å². The van der Waals surface area contributed by atoms with E-state index in [0.717, 1.165) is 27.2 Å². The number of ether oxygens (including phenoxy) is 1. The highest BCUT2D eigenvalue weighted by Gasteiger charge is 2.85. The minimum atomic E-state index is -1.67. The van der Waals surface area contributed by atoms with Gasteiger partial charge in [-0.05, 0) is 40.5 Å². The zero-order valence-electron chi connectivity index (χ0n) is 18.8. The van der Waals surface area contributed by atoms with Gasteiger partial charge in [-0.15, -0.1) is 0 Å². The maximum absolute atomic E-state index is 14.7. The Bertz CT molecular complexity index is 1520. The highest BCUT2D eigenvalue weighted by molar-refractivity contribution is 6.51. The van der Waals surface area contributed by atoms with Gasteiger partial charge < -0.3 is 4.74 Å². The third kappa shape index (κ3) is 2.18. The van der Waals surface area contributed by atoms with Gasteiger partial charge in [0, 0.05) is 21.9 Å². The second kappa shape index (κ2) is 6.96. The lowest BCUT2D eigenvalue weighted by Gasteiger charge is -2.55. The number of imide groups is 1. The molecular weight excluding hydrogens is 501 g/mol. The fourth-order valence-corrected chi connectivity index (χ4v) is 7.40. The van der Waals surface area contributed by atoms with E-state index < -0.39 is 40.6 Å². The molecule has 2 heterocycles. The molecule has 0 spiro atoms. The predicted octanol–water partition coefficient (Wildman–Crippen LogP) is 4.02. The van der Waals surface area contributed by atoms with Crippen molar-refractivity contribution in [2.24, 2.45) is 10.5 Å². The topological polar surface area (TPSA) is 88.1 Å². The monoisotopic (exact) mass is 517 g/mol. The number of hydrogen-bond acceptors (Lipinski definition) is 6. The Morgan fingerprint density at radius 1 is 0.889 bits per heavy atom. The Morgan fingerprint density at radius 2 is 1.42 bits per heavy atom. The van der Waals surface area contributed by atoms with E-state index in [2.05, 4.69) is 10.5 Å². The molecule has 0 saturated carbocycles. The number of rotatable bonds is 2. The van der Waals surface area contributed by atoms with Gasteiger partial charge in [0.05, 0.1) is 12.8 Å². The van der Waals surface area contributed by atoms with Crippen LogP contribution in [0.25, 0.3) is 0 Å². The zero-order chi connectivity index (χ0) is 25.0. The van der Waals surface area contributed by atoms with Crippen molar-refractivity contribution in [1.29, 1.82) is 0 Å². The Hall–Kier alpha value is -3.68. The van der Waals surface area contributed by atoms with Crippen LogP contribution in [0.4, 0.5) is 5.69 Å². The first kappa shape index (κ1) is 21.6. The summed E-state index contributed by atoms with van der Waals surface area (Å²) in [6.45, 7) is 0. The molecule has 2 bridgehead atoms. The van der Waals surface area contributed by atoms with Crippen molar-refractivity contribution in [3.8, 4) is 0 Å². The summed E-state index contributed by atoms with van der Waals surface area (Å²) in [7, 11) is 1.24. The number of amides is 2. The van der Waals surface area contributed by atoms with Crippen LogP contribution in [-0.4, -0.2) is 36.1 Å². The summed E-state index contributed by atoms with van der Waals surface area (Å²) in [5.41, 5.74) is 3.49. The molecule has 5 aliphatic rings. The maximum Gasteiger partial charge on any atom is 0.355 e. The smallest absolute Gasteiger partial charge is 0.355 e. The van der Waals surface area contributed by atoms with E-state index in [9.17, 15) is 14.4 Å². The number of nitrogens with one attached hydrogen (secondary N) is 1. The van der Waals surface area contributed by atoms with Gasteiger partial charge >= 0.3 is 5.97 Å². The molecule has 3 aromatic carbocycles. The average Bonchev–Trinajstić information content (AvgIpc) is 3.34.